The molecular formula is C11H14O2. The lowest BCUT2D eigenvalue weighted by Crippen LogP contribution is -2.32. The summed E-state index contributed by atoms with van der Waals surface area (Å²) in [5.74, 6) is 5.20. The smallest absolute Gasteiger partial charge is 0.381 e. The number of fused-ring (bicyclic) bond motifs is 3. The van der Waals surface area contributed by atoms with Gasteiger partial charge in [-0.3, -0.25) is 0 Å². The maximum Gasteiger partial charge on any atom is 0.381 e. The van der Waals surface area contributed by atoms with Crippen LogP contribution in [-0.2, 0) is 4.79 Å². The Balaban J connectivity index is 2.12. The molecule has 70 valence electrons. The Bertz CT molecular complexity index is 260. The summed E-state index contributed by atoms with van der Waals surface area (Å²) in [5.41, 5.74) is 0.0765. The lowest BCUT2D eigenvalue weighted by Gasteiger charge is -2.43. The van der Waals surface area contributed by atoms with Gasteiger partial charge in [-0.05, 0) is 44.4 Å². The first kappa shape index (κ1) is 8.62. The first-order chi connectivity index (χ1) is 6.20. The maximum atomic E-state index is 10.3. The van der Waals surface area contributed by atoms with Gasteiger partial charge in [-0.25, -0.2) is 4.79 Å². The Kier molecular flexibility index (Phi) is 2.03. The van der Waals surface area contributed by atoms with E-state index in [1.807, 2.05) is 0 Å². The second kappa shape index (κ2) is 3.06. The lowest BCUT2D eigenvalue weighted by atomic mass is 9.61. The summed E-state index contributed by atoms with van der Waals surface area (Å²) < 4.78 is 0. The van der Waals surface area contributed by atoms with Crippen LogP contribution in [0, 0.1) is 23.2 Å². The minimum atomic E-state index is -0.984. The number of hydrogen-bond donors (Lipinski definition) is 1. The molecule has 0 aromatic carbocycles. The molecule has 3 aliphatic rings. The van der Waals surface area contributed by atoms with E-state index in [0.717, 1.165) is 25.2 Å². The zero-order chi connectivity index (χ0) is 9.31. The molecule has 0 spiro atoms. The second-order valence-corrected chi connectivity index (χ2v) is 4.32. The predicted octanol–water partition coefficient (Wildman–Crippen LogP) is 2.04. The van der Waals surface area contributed by atoms with Gasteiger partial charge in [0.1, 0.15) is 0 Å². The highest BCUT2D eigenvalue weighted by atomic mass is 16.4. The minimum absolute atomic E-state index is 0.0765. The number of carboxylic acids is 1. The molecule has 0 aromatic heterocycles. The van der Waals surface area contributed by atoms with Gasteiger partial charge in [0.05, 0.1) is 0 Å². The van der Waals surface area contributed by atoms with E-state index in [1.165, 1.54) is 19.3 Å². The van der Waals surface area contributed by atoms with Crippen LogP contribution in [0.3, 0.4) is 0 Å². The Labute approximate surface area is 78.3 Å². The fourth-order valence-corrected chi connectivity index (χ4v) is 2.62. The van der Waals surface area contributed by atoms with E-state index in [1.54, 1.807) is 0 Å². The highest BCUT2D eigenvalue weighted by molar-refractivity contribution is 5.86. The predicted molar refractivity (Wildman–Crippen MR) is 49.0 cm³/mol. The van der Waals surface area contributed by atoms with Gasteiger partial charge in [0.2, 0.25) is 0 Å². The Hall–Kier alpha value is -0.970. The number of hydrogen-bond acceptors (Lipinski definition) is 1. The third kappa shape index (κ3) is 1.70. The van der Waals surface area contributed by atoms with Gasteiger partial charge in [-0.1, -0.05) is 5.92 Å². The molecule has 3 rings (SSSR count). The number of carboxylic acid groups (broad SMARTS) is 1. The normalized spacial score (nSPS) is 36.5. The van der Waals surface area contributed by atoms with Crippen molar-refractivity contribution in [2.45, 2.75) is 38.5 Å². The fourth-order valence-electron chi connectivity index (χ4n) is 2.62. The monoisotopic (exact) mass is 178 g/mol. The summed E-state index contributed by atoms with van der Waals surface area (Å²) in [7, 11) is 0. The summed E-state index contributed by atoms with van der Waals surface area (Å²) in [6.45, 7) is 0. The molecule has 0 amide bonds. The first-order valence-electron chi connectivity index (χ1n) is 4.96. The van der Waals surface area contributed by atoms with Crippen molar-refractivity contribution in [1.29, 1.82) is 0 Å². The number of carbonyl (C=O) groups is 1. The van der Waals surface area contributed by atoms with Crippen molar-refractivity contribution in [2.75, 3.05) is 0 Å². The van der Waals surface area contributed by atoms with Crippen molar-refractivity contribution in [3.8, 4) is 11.8 Å². The lowest BCUT2D eigenvalue weighted by molar-refractivity contribution is -0.130. The first-order valence-corrected chi connectivity index (χ1v) is 4.96. The van der Waals surface area contributed by atoms with Crippen LogP contribution in [-0.4, -0.2) is 11.1 Å². The van der Waals surface area contributed by atoms with Crippen LogP contribution < -0.4 is 0 Å². The molecule has 0 radical (unpaired) electrons. The Morgan fingerprint density at radius 1 is 1.23 bits per heavy atom. The standard InChI is InChI=1S/C11H14O2/c12-10(13)4-8-11-5-1-9(2-6-11)3-7-11/h9H,1-3,5-7H2,(H,12,13). The zero-order valence-electron chi connectivity index (χ0n) is 7.68. The van der Waals surface area contributed by atoms with Crippen LogP contribution in [0.15, 0.2) is 0 Å². The van der Waals surface area contributed by atoms with Crippen LogP contribution in [0.25, 0.3) is 0 Å². The van der Waals surface area contributed by atoms with Crippen molar-refractivity contribution < 1.29 is 9.90 Å². The molecule has 3 fully saturated rings. The molecule has 0 heterocycles. The van der Waals surface area contributed by atoms with Gasteiger partial charge in [-0.15, -0.1) is 0 Å². The van der Waals surface area contributed by atoms with Crippen molar-refractivity contribution in [3.05, 3.63) is 0 Å². The Morgan fingerprint density at radius 3 is 2.23 bits per heavy atom. The summed E-state index contributed by atoms with van der Waals surface area (Å²) in [5, 5.41) is 8.49. The van der Waals surface area contributed by atoms with Gasteiger partial charge in [0, 0.05) is 11.3 Å². The molecule has 0 saturated heterocycles. The van der Waals surface area contributed by atoms with E-state index in [9.17, 15) is 4.79 Å². The van der Waals surface area contributed by atoms with Crippen molar-refractivity contribution in [1.82, 2.24) is 0 Å². The molecule has 3 aliphatic carbocycles. The average Bonchev–Trinajstić information content (AvgIpc) is 2.18. The second-order valence-electron chi connectivity index (χ2n) is 4.32. The Morgan fingerprint density at radius 2 is 1.77 bits per heavy atom. The third-order valence-electron chi connectivity index (χ3n) is 3.53. The molecule has 0 unspecified atom stereocenters. The van der Waals surface area contributed by atoms with Gasteiger partial charge >= 0.3 is 5.97 Å². The largest absolute Gasteiger partial charge is 0.472 e. The van der Waals surface area contributed by atoms with Gasteiger partial charge in [-0.2, -0.15) is 0 Å². The molecule has 0 atom stereocenters. The van der Waals surface area contributed by atoms with Crippen molar-refractivity contribution >= 4 is 5.97 Å². The summed E-state index contributed by atoms with van der Waals surface area (Å²) >= 11 is 0. The van der Waals surface area contributed by atoms with E-state index < -0.39 is 5.97 Å². The molecular weight excluding hydrogens is 164 g/mol. The summed E-state index contributed by atoms with van der Waals surface area (Å²) in [6.07, 6.45) is 7.14. The molecule has 0 aromatic rings. The topological polar surface area (TPSA) is 37.3 Å². The molecule has 2 heteroatoms. The highest BCUT2D eigenvalue weighted by Gasteiger charge is 2.39. The van der Waals surface area contributed by atoms with E-state index >= 15 is 0 Å². The molecule has 13 heavy (non-hydrogen) atoms. The van der Waals surface area contributed by atoms with E-state index in [-0.39, 0.29) is 5.41 Å². The van der Waals surface area contributed by atoms with Gasteiger partial charge < -0.3 is 5.11 Å². The number of aliphatic carboxylic acids is 1. The molecule has 2 bridgehead atoms. The highest BCUT2D eigenvalue weighted by Crippen LogP contribution is 2.49. The molecule has 1 N–H and O–H groups in total. The molecule has 3 saturated carbocycles. The summed E-state index contributed by atoms with van der Waals surface area (Å²) in [4.78, 5) is 10.3. The van der Waals surface area contributed by atoms with E-state index in [0.29, 0.717) is 0 Å². The fraction of sp³-hybridized carbons (Fsp3) is 0.727. The quantitative estimate of drug-likeness (QED) is 0.576. The molecule has 2 nitrogen and oxygen atoms in total. The number of rotatable bonds is 0. The van der Waals surface area contributed by atoms with E-state index in [4.69, 9.17) is 5.11 Å². The van der Waals surface area contributed by atoms with Crippen LogP contribution in [0.2, 0.25) is 0 Å². The average molecular weight is 178 g/mol. The zero-order valence-corrected chi connectivity index (χ0v) is 7.68. The van der Waals surface area contributed by atoms with E-state index in [2.05, 4.69) is 11.8 Å². The maximum absolute atomic E-state index is 10.3. The van der Waals surface area contributed by atoms with Crippen LogP contribution in [0.1, 0.15) is 38.5 Å². The van der Waals surface area contributed by atoms with Crippen LogP contribution in [0.4, 0.5) is 0 Å². The van der Waals surface area contributed by atoms with Crippen LogP contribution in [0.5, 0.6) is 0 Å². The van der Waals surface area contributed by atoms with Crippen LogP contribution >= 0.6 is 0 Å². The SMILES string of the molecule is O=C(O)C#CC12CCC(CC1)CC2. The van der Waals surface area contributed by atoms with Crippen molar-refractivity contribution in [2.24, 2.45) is 11.3 Å². The minimum Gasteiger partial charge on any atom is -0.472 e. The summed E-state index contributed by atoms with van der Waals surface area (Å²) in [6, 6.07) is 0. The van der Waals surface area contributed by atoms with Crippen molar-refractivity contribution in [3.63, 3.8) is 0 Å². The third-order valence-corrected chi connectivity index (χ3v) is 3.53. The van der Waals surface area contributed by atoms with Gasteiger partial charge in [0.15, 0.2) is 0 Å². The van der Waals surface area contributed by atoms with Gasteiger partial charge in [0.25, 0.3) is 0 Å². The molecule has 0 aliphatic heterocycles.